The van der Waals surface area contributed by atoms with E-state index in [4.69, 9.17) is 17.0 Å². The van der Waals surface area contributed by atoms with Gasteiger partial charge in [0.1, 0.15) is 16.7 Å². The number of hydrazone groups is 1. The zero-order valence-corrected chi connectivity index (χ0v) is 19.5. The molecule has 0 saturated carbocycles. The molecule has 2 aliphatic heterocycles. The number of aromatic nitrogens is 1. The minimum Gasteiger partial charge on any atom is -0.318 e. The van der Waals surface area contributed by atoms with Gasteiger partial charge in [0.25, 0.3) is 5.91 Å². The number of fused-ring (bicyclic) bond motifs is 1. The SMILES string of the molecule is Cc1cc(/C=C2/C(=N)N3N=C(c4ccccc4F)SC3=NC2=O)c(C)n1-c1ccc(F)c(Cl)c1. The molecule has 1 amide bonds. The number of rotatable bonds is 3. The molecule has 34 heavy (non-hydrogen) atoms. The van der Waals surface area contributed by atoms with Gasteiger partial charge in [-0.25, -0.2) is 8.78 Å². The molecule has 0 radical (unpaired) electrons. The fourth-order valence-corrected chi connectivity index (χ4v) is 4.94. The van der Waals surface area contributed by atoms with Crippen molar-refractivity contribution in [2.45, 2.75) is 13.8 Å². The van der Waals surface area contributed by atoms with Crippen LogP contribution in [0.15, 0.2) is 64.2 Å². The van der Waals surface area contributed by atoms with Gasteiger partial charge in [-0.1, -0.05) is 23.7 Å². The monoisotopic (exact) mass is 495 g/mol. The third-order valence-corrected chi connectivity index (χ3v) is 6.72. The molecule has 5 rings (SSSR count). The molecule has 3 aromatic rings. The number of benzene rings is 2. The second-order valence-electron chi connectivity index (χ2n) is 7.67. The third-order valence-electron chi connectivity index (χ3n) is 5.49. The summed E-state index contributed by atoms with van der Waals surface area (Å²) in [5, 5.41) is 14.7. The maximum absolute atomic E-state index is 14.2. The Morgan fingerprint density at radius 3 is 2.59 bits per heavy atom. The highest BCUT2D eigenvalue weighted by Gasteiger charge is 2.36. The number of thioether (sulfide) groups is 1. The quantitative estimate of drug-likeness (QED) is 0.474. The highest BCUT2D eigenvalue weighted by atomic mass is 35.5. The van der Waals surface area contributed by atoms with Crippen molar-refractivity contribution in [3.05, 3.63) is 93.3 Å². The smallest absolute Gasteiger partial charge is 0.283 e. The molecule has 1 N–H and O–H groups in total. The lowest BCUT2D eigenvalue weighted by Crippen LogP contribution is -2.35. The van der Waals surface area contributed by atoms with Crippen molar-refractivity contribution in [1.29, 1.82) is 5.41 Å². The van der Waals surface area contributed by atoms with E-state index in [0.717, 1.165) is 23.1 Å². The van der Waals surface area contributed by atoms with Gasteiger partial charge in [0, 0.05) is 22.6 Å². The summed E-state index contributed by atoms with van der Waals surface area (Å²) in [5.74, 6) is -1.69. The molecule has 0 aliphatic carbocycles. The lowest BCUT2D eigenvalue weighted by molar-refractivity contribution is -0.114. The fourth-order valence-electron chi connectivity index (χ4n) is 3.85. The predicted molar refractivity (Wildman–Crippen MR) is 131 cm³/mol. The van der Waals surface area contributed by atoms with Crippen molar-refractivity contribution in [1.82, 2.24) is 9.58 Å². The number of halogens is 3. The molecule has 0 unspecified atom stereocenters. The molecule has 0 atom stereocenters. The Kier molecular flexibility index (Phi) is 5.45. The highest BCUT2D eigenvalue weighted by molar-refractivity contribution is 8.27. The number of aliphatic imine (C=N–C) groups is 1. The van der Waals surface area contributed by atoms with E-state index in [2.05, 4.69) is 10.1 Å². The number of amidine groups is 2. The number of nitrogens with one attached hydrogen (secondary N) is 1. The van der Waals surface area contributed by atoms with Gasteiger partial charge in [-0.2, -0.15) is 15.1 Å². The summed E-state index contributed by atoms with van der Waals surface area (Å²) in [6, 6.07) is 12.5. The lowest BCUT2D eigenvalue weighted by atomic mass is 10.1. The van der Waals surface area contributed by atoms with E-state index in [1.165, 1.54) is 23.2 Å². The van der Waals surface area contributed by atoms with E-state index < -0.39 is 17.5 Å². The molecule has 2 aliphatic rings. The summed E-state index contributed by atoms with van der Waals surface area (Å²) in [6.07, 6.45) is 1.58. The summed E-state index contributed by atoms with van der Waals surface area (Å²) in [5.41, 5.74) is 3.30. The number of hydrogen-bond donors (Lipinski definition) is 1. The normalized spacial score (nSPS) is 16.7. The standard InChI is InChI=1S/C24H16ClF2N5OS/c1-12-9-14(13(2)31(12)15-7-8-20(27)18(25)11-15)10-17-21(28)32-24(29-22(17)33)34-23(30-32)16-5-3-4-6-19(16)26/h3-11,28H,1-2H3/b17-10-,28-21?. The van der Waals surface area contributed by atoms with Crippen LogP contribution >= 0.6 is 23.4 Å². The molecule has 3 heterocycles. The number of nitrogens with zero attached hydrogens (tertiary/aromatic N) is 4. The topological polar surface area (TPSA) is 73.8 Å². The number of aryl methyl sites for hydroxylation is 1. The van der Waals surface area contributed by atoms with Gasteiger partial charge in [0.2, 0.25) is 5.17 Å². The van der Waals surface area contributed by atoms with Gasteiger partial charge >= 0.3 is 0 Å². The maximum atomic E-state index is 14.2. The van der Waals surface area contributed by atoms with Crippen molar-refractivity contribution >= 4 is 51.4 Å². The second kappa shape index (κ2) is 8.34. The molecule has 2 aromatic carbocycles. The Hall–Kier alpha value is -3.56. The van der Waals surface area contributed by atoms with E-state index >= 15 is 0 Å². The van der Waals surface area contributed by atoms with Crippen molar-refractivity contribution in [2.24, 2.45) is 10.1 Å². The van der Waals surface area contributed by atoms with E-state index in [9.17, 15) is 13.6 Å². The minimum atomic E-state index is -0.580. The van der Waals surface area contributed by atoms with Gasteiger partial charge < -0.3 is 4.57 Å². The Balaban J connectivity index is 1.52. The number of hydrogen-bond acceptors (Lipinski definition) is 4. The van der Waals surface area contributed by atoms with Crippen LogP contribution in [0.5, 0.6) is 0 Å². The zero-order valence-electron chi connectivity index (χ0n) is 17.9. The maximum Gasteiger partial charge on any atom is 0.283 e. The van der Waals surface area contributed by atoms with Gasteiger partial charge in [0.05, 0.1) is 10.6 Å². The van der Waals surface area contributed by atoms with Crippen LogP contribution in [0.25, 0.3) is 11.8 Å². The first kappa shape index (κ1) is 22.2. The van der Waals surface area contributed by atoms with Gasteiger partial charge in [-0.3, -0.25) is 10.2 Å². The van der Waals surface area contributed by atoms with Crippen LogP contribution in [0.1, 0.15) is 22.5 Å². The van der Waals surface area contributed by atoms with Crippen molar-refractivity contribution in [3.8, 4) is 5.69 Å². The first-order chi connectivity index (χ1) is 16.2. The largest absolute Gasteiger partial charge is 0.318 e. The van der Waals surface area contributed by atoms with Crippen LogP contribution in [-0.2, 0) is 4.79 Å². The lowest BCUT2D eigenvalue weighted by Gasteiger charge is -2.20. The van der Waals surface area contributed by atoms with Gasteiger partial charge in [-0.15, -0.1) is 0 Å². The minimum absolute atomic E-state index is 0.00561. The second-order valence-corrected chi connectivity index (χ2v) is 9.03. The Morgan fingerprint density at radius 2 is 1.85 bits per heavy atom. The van der Waals surface area contributed by atoms with Gasteiger partial charge in [-0.05, 0) is 73.6 Å². The van der Waals surface area contributed by atoms with E-state index in [-0.39, 0.29) is 27.2 Å². The number of carbonyl (C=O) groups excluding carboxylic acids is 1. The molecule has 0 saturated heterocycles. The fraction of sp³-hybridized carbons (Fsp3) is 0.0833. The molecule has 6 nitrogen and oxygen atoms in total. The molecule has 1 aromatic heterocycles. The zero-order chi connectivity index (χ0) is 24.1. The molecule has 0 fully saturated rings. The van der Waals surface area contributed by atoms with Crippen LogP contribution in [0.4, 0.5) is 8.78 Å². The van der Waals surface area contributed by atoms with E-state index in [0.29, 0.717) is 16.3 Å². The van der Waals surface area contributed by atoms with Crippen LogP contribution in [0.3, 0.4) is 0 Å². The van der Waals surface area contributed by atoms with Crippen LogP contribution in [0.2, 0.25) is 5.02 Å². The summed E-state index contributed by atoms with van der Waals surface area (Å²) in [6.45, 7) is 3.72. The van der Waals surface area contributed by atoms with E-state index in [1.54, 1.807) is 30.3 Å². The van der Waals surface area contributed by atoms with Crippen LogP contribution < -0.4 is 0 Å². The first-order valence-corrected chi connectivity index (χ1v) is 11.3. The molecule has 0 bridgehead atoms. The summed E-state index contributed by atoms with van der Waals surface area (Å²) in [7, 11) is 0. The highest BCUT2D eigenvalue weighted by Crippen LogP contribution is 2.32. The van der Waals surface area contributed by atoms with Crippen molar-refractivity contribution in [3.63, 3.8) is 0 Å². The van der Waals surface area contributed by atoms with Crippen molar-refractivity contribution in [2.75, 3.05) is 0 Å². The predicted octanol–water partition coefficient (Wildman–Crippen LogP) is 5.69. The Bertz CT molecular complexity index is 1490. The van der Waals surface area contributed by atoms with Gasteiger partial charge in [0.15, 0.2) is 5.84 Å². The first-order valence-electron chi connectivity index (χ1n) is 10.1. The summed E-state index contributed by atoms with van der Waals surface area (Å²) in [4.78, 5) is 16.9. The molecular weight excluding hydrogens is 480 g/mol. The molecular formula is C24H16ClF2N5OS. The summed E-state index contributed by atoms with van der Waals surface area (Å²) < 4.78 is 29.7. The average Bonchev–Trinajstić information content (AvgIpc) is 3.34. The van der Waals surface area contributed by atoms with Crippen LogP contribution in [0, 0.1) is 30.9 Å². The Labute approximate surface area is 202 Å². The van der Waals surface area contributed by atoms with Crippen LogP contribution in [-0.4, -0.2) is 31.5 Å². The molecule has 170 valence electrons. The molecule has 10 heteroatoms. The molecule has 0 spiro atoms. The third kappa shape index (κ3) is 3.66. The van der Waals surface area contributed by atoms with E-state index in [1.807, 2.05) is 24.5 Å². The summed E-state index contributed by atoms with van der Waals surface area (Å²) >= 11 is 6.99. The number of carbonyl (C=O) groups is 1. The number of amides is 1. The van der Waals surface area contributed by atoms with Crippen molar-refractivity contribution < 1.29 is 13.6 Å². The Morgan fingerprint density at radius 1 is 1.09 bits per heavy atom. The average molecular weight is 496 g/mol.